The van der Waals surface area contributed by atoms with Gasteiger partial charge in [-0.25, -0.2) is 5.10 Å². The SMILES string of the molecule is Cc1cc(C(=O)Nc2ncn[nH]2)n(C)n1. The van der Waals surface area contributed by atoms with Crippen LogP contribution in [0.3, 0.4) is 0 Å². The summed E-state index contributed by atoms with van der Waals surface area (Å²) in [6.07, 6.45) is 1.32. The second-order valence-electron chi connectivity index (χ2n) is 3.08. The minimum atomic E-state index is -0.269. The molecule has 2 aromatic heterocycles. The quantitative estimate of drug-likeness (QED) is 0.729. The fraction of sp³-hybridized carbons (Fsp3) is 0.250. The topological polar surface area (TPSA) is 88.5 Å². The van der Waals surface area contributed by atoms with Crippen molar-refractivity contribution in [2.24, 2.45) is 7.05 Å². The van der Waals surface area contributed by atoms with Gasteiger partial charge in [-0.3, -0.25) is 14.8 Å². The molecule has 0 aromatic carbocycles. The molecule has 0 aliphatic carbocycles. The number of carbonyl (C=O) groups is 1. The summed E-state index contributed by atoms with van der Waals surface area (Å²) in [6.45, 7) is 1.82. The first kappa shape index (κ1) is 9.38. The molecule has 15 heavy (non-hydrogen) atoms. The van der Waals surface area contributed by atoms with Crippen LogP contribution >= 0.6 is 0 Å². The fourth-order valence-corrected chi connectivity index (χ4v) is 1.26. The number of amides is 1. The van der Waals surface area contributed by atoms with E-state index >= 15 is 0 Å². The van der Waals surface area contributed by atoms with Gasteiger partial charge in [0.25, 0.3) is 5.91 Å². The molecule has 0 aliphatic rings. The lowest BCUT2D eigenvalue weighted by Gasteiger charge is -2.00. The molecule has 0 radical (unpaired) electrons. The highest BCUT2D eigenvalue weighted by molar-refractivity contribution is 6.02. The molecule has 0 fully saturated rings. The van der Waals surface area contributed by atoms with Gasteiger partial charge in [0.05, 0.1) is 5.69 Å². The van der Waals surface area contributed by atoms with Crippen LogP contribution in [0.25, 0.3) is 0 Å². The number of anilines is 1. The van der Waals surface area contributed by atoms with Crippen LogP contribution in [0.2, 0.25) is 0 Å². The molecule has 0 saturated carbocycles. The second kappa shape index (κ2) is 3.52. The van der Waals surface area contributed by atoms with Crippen molar-refractivity contribution in [2.75, 3.05) is 5.32 Å². The van der Waals surface area contributed by atoms with Crippen LogP contribution in [0.4, 0.5) is 5.95 Å². The highest BCUT2D eigenvalue weighted by Crippen LogP contribution is 2.04. The maximum absolute atomic E-state index is 11.7. The van der Waals surface area contributed by atoms with E-state index in [9.17, 15) is 4.79 Å². The summed E-state index contributed by atoms with van der Waals surface area (Å²) in [7, 11) is 1.71. The molecule has 2 rings (SSSR count). The van der Waals surface area contributed by atoms with Gasteiger partial charge in [-0.15, -0.1) is 0 Å². The van der Waals surface area contributed by atoms with E-state index < -0.39 is 0 Å². The number of nitrogens with zero attached hydrogens (tertiary/aromatic N) is 4. The van der Waals surface area contributed by atoms with Crippen LogP contribution in [-0.4, -0.2) is 30.9 Å². The molecule has 2 heterocycles. The highest BCUT2D eigenvalue weighted by atomic mass is 16.2. The Hall–Kier alpha value is -2.18. The maximum atomic E-state index is 11.7. The third-order valence-electron chi connectivity index (χ3n) is 1.88. The monoisotopic (exact) mass is 206 g/mol. The van der Waals surface area contributed by atoms with E-state index in [2.05, 4.69) is 25.6 Å². The van der Waals surface area contributed by atoms with Gasteiger partial charge in [0.2, 0.25) is 5.95 Å². The van der Waals surface area contributed by atoms with E-state index in [-0.39, 0.29) is 5.91 Å². The Labute approximate surface area is 85.5 Å². The molecule has 2 N–H and O–H groups in total. The van der Waals surface area contributed by atoms with E-state index in [0.717, 1.165) is 5.69 Å². The van der Waals surface area contributed by atoms with E-state index in [0.29, 0.717) is 11.6 Å². The van der Waals surface area contributed by atoms with E-state index in [4.69, 9.17) is 0 Å². The zero-order valence-electron chi connectivity index (χ0n) is 8.35. The fourth-order valence-electron chi connectivity index (χ4n) is 1.26. The summed E-state index contributed by atoms with van der Waals surface area (Å²) < 4.78 is 1.51. The lowest BCUT2D eigenvalue weighted by atomic mass is 10.3. The van der Waals surface area contributed by atoms with Gasteiger partial charge in [-0.2, -0.15) is 15.2 Å². The minimum Gasteiger partial charge on any atom is -0.289 e. The number of aryl methyl sites for hydroxylation is 2. The van der Waals surface area contributed by atoms with Gasteiger partial charge in [-0.05, 0) is 13.0 Å². The normalized spacial score (nSPS) is 10.3. The molecule has 78 valence electrons. The molecule has 0 unspecified atom stereocenters. The van der Waals surface area contributed by atoms with Crippen LogP contribution in [0, 0.1) is 6.92 Å². The van der Waals surface area contributed by atoms with Crippen molar-refractivity contribution < 1.29 is 4.79 Å². The number of rotatable bonds is 2. The first-order valence-electron chi connectivity index (χ1n) is 4.34. The van der Waals surface area contributed by atoms with Crippen LogP contribution < -0.4 is 5.32 Å². The summed E-state index contributed by atoms with van der Waals surface area (Å²) in [5, 5.41) is 12.8. The Kier molecular flexibility index (Phi) is 2.20. The number of aromatic nitrogens is 5. The average molecular weight is 206 g/mol. The first-order chi connectivity index (χ1) is 7.16. The molecule has 0 bridgehead atoms. The average Bonchev–Trinajstić information content (AvgIpc) is 2.75. The van der Waals surface area contributed by atoms with Crippen LogP contribution in [-0.2, 0) is 7.05 Å². The molecule has 0 spiro atoms. The lowest BCUT2D eigenvalue weighted by molar-refractivity contribution is 0.101. The third kappa shape index (κ3) is 1.85. The van der Waals surface area contributed by atoms with Crippen molar-refractivity contribution in [2.45, 2.75) is 6.92 Å². The van der Waals surface area contributed by atoms with Gasteiger partial charge in [0, 0.05) is 7.05 Å². The van der Waals surface area contributed by atoms with Gasteiger partial charge in [0.15, 0.2) is 0 Å². The summed E-state index contributed by atoms with van der Waals surface area (Å²) >= 11 is 0. The molecule has 0 saturated heterocycles. The van der Waals surface area contributed by atoms with Gasteiger partial charge in [-0.1, -0.05) is 0 Å². The first-order valence-corrected chi connectivity index (χ1v) is 4.34. The maximum Gasteiger partial charge on any atom is 0.276 e. The number of hydrogen-bond donors (Lipinski definition) is 2. The Bertz CT molecular complexity index is 471. The van der Waals surface area contributed by atoms with E-state index in [1.165, 1.54) is 11.0 Å². The highest BCUT2D eigenvalue weighted by Gasteiger charge is 2.12. The molecule has 7 heteroatoms. The number of nitrogens with one attached hydrogen (secondary N) is 2. The molecular formula is C8H10N6O. The van der Waals surface area contributed by atoms with E-state index in [1.807, 2.05) is 6.92 Å². The van der Waals surface area contributed by atoms with Crippen LogP contribution in [0.1, 0.15) is 16.2 Å². The lowest BCUT2D eigenvalue weighted by Crippen LogP contribution is -2.16. The van der Waals surface area contributed by atoms with Crippen molar-refractivity contribution in [1.82, 2.24) is 25.0 Å². The summed E-state index contributed by atoms with van der Waals surface area (Å²) in [6, 6.07) is 1.70. The second-order valence-corrected chi connectivity index (χ2v) is 3.08. The zero-order chi connectivity index (χ0) is 10.8. The van der Waals surface area contributed by atoms with Gasteiger partial charge < -0.3 is 0 Å². The number of carbonyl (C=O) groups excluding carboxylic acids is 1. The smallest absolute Gasteiger partial charge is 0.276 e. The summed E-state index contributed by atoms with van der Waals surface area (Å²) in [5.74, 6) is 0.0497. The largest absolute Gasteiger partial charge is 0.289 e. The van der Waals surface area contributed by atoms with Crippen LogP contribution in [0.15, 0.2) is 12.4 Å². The van der Waals surface area contributed by atoms with Crippen molar-refractivity contribution in [3.8, 4) is 0 Å². The Morgan fingerprint density at radius 2 is 2.40 bits per heavy atom. The third-order valence-corrected chi connectivity index (χ3v) is 1.88. The van der Waals surface area contributed by atoms with Crippen molar-refractivity contribution in [1.29, 1.82) is 0 Å². The predicted molar refractivity (Wildman–Crippen MR) is 52.3 cm³/mol. The van der Waals surface area contributed by atoms with E-state index in [1.54, 1.807) is 13.1 Å². The number of H-pyrrole nitrogens is 1. The summed E-state index contributed by atoms with van der Waals surface area (Å²) in [5.41, 5.74) is 1.27. The standard InChI is InChI=1S/C8H10N6O/c1-5-3-6(14(2)13-5)7(15)11-8-9-4-10-12-8/h3-4H,1-2H3,(H2,9,10,11,12,15). The molecule has 2 aromatic rings. The molecular weight excluding hydrogens is 196 g/mol. The van der Waals surface area contributed by atoms with Crippen molar-refractivity contribution in [3.63, 3.8) is 0 Å². The molecule has 0 aliphatic heterocycles. The Balaban J connectivity index is 2.18. The number of aromatic amines is 1. The van der Waals surface area contributed by atoms with Gasteiger partial charge in [0.1, 0.15) is 12.0 Å². The van der Waals surface area contributed by atoms with Crippen LogP contribution in [0.5, 0.6) is 0 Å². The zero-order valence-corrected chi connectivity index (χ0v) is 8.35. The number of hydrogen-bond acceptors (Lipinski definition) is 4. The molecule has 1 amide bonds. The van der Waals surface area contributed by atoms with Crippen molar-refractivity contribution in [3.05, 3.63) is 23.8 Å². The molecule has 0 atom stereocenters. The van der Waals surface area contributed by atoms with Crippen molar-refractivity contribution >= 4 is 11.9 Å². The molecule has 7 nitrogen and oxygen atoms in total. The predicted octanol–water partition coefficient (Wildman–Crippen LogP) is 0.0989. The van der Waals surface area contributed by atoms with Gasteiger partial charge >= 0.3 is 0 Å². The Morgan fingerprint density at radius 1 is 1.60 bits per heavy atom. The Morgan fingerprint density at radius 3 is 2.93 bits per heavy atom. The summed E-state index contributed by atoms with van der Waals surface area (Å²) in [4.78, 5) is 15.5. The minimum absolute atomic E-state index is 0.269.